The number of halogens is 1. The van der Waals surface area contributed by atoms with Crippen molar-refractivity contribution in [3.8, 4) is 0 Å². The first kappa shape index (κ1) is 22.7. The van der Waals surface area contributed by atoms with Crippen LogP contribution < -0.4 is 11.1 Å². The highest BCUT2D eigenvalue weighted by atomic mass is 127. The molecule has 0 aliphatic carbocycles. The van der Waals surface area contributed by atoms with E-state index in [0.29, 0.717) is 24.8 Å². The topological polar surface area (TPSA) is 76.7 Å². The van der Waals surface area contributed by atoms with E-state index in [4.69, 9.17) is 5.73 Å². The summed E-state index contributed by atoms with van der Waals surface area (Å²) < 4.78 is 4.60. The summed E-state index contributed by atoms with van der Waals surface area (Å²) in [5.41, 5.74) is 8.15. The molecule has 0 bridgehead atoms. The van der Waals surface area contributed by atoms with Crippen molar-refractivity contribution in [1.82, 2.24) is 0 Å². The van der Waals surface area contributed by atoms with E-state index in [9.17, 15) is 4.79 Å². The van der Waals surface area contributed by atoms with Crippen LogP contribution in [0, 0.1) is 0 Å². The molecule has 0 aliphatic heterocycles. The molecule has 0 radical (unpaired) electrons. The summed E-state index contributed by atoms with van der Waals surface area (Å²) in [6.07, 6.45) is 4.38. The van der Waals surface area contributed by atoms with E-state index in [2.05, 4.69) is 41.0 Å². The molecule has 0 atom stereocenters. The lowest BCUT2D eigenvalue weighted by atomic mass is 10.0. The largest absolute Gasteiger partial charge is 0.469 e. The van der Waals surface area contributed by atoms with E-state index in [1.807, 2.05) is 12.1 Å². The number of hydrogen-bond donors (Lipinski definition) is 2. The Hall–Kier alpha value is -1.31. The minimum atomic E-state index is -0.139. The number of esters is 1. The number of rotatable bonds is 9. The van der Waals surface area contributed by atoms with Crippen LogP contribution in [-0.4, -0.2) is 25.6 Å². The number of hydrogen-bond acceptors (Lipinski definition) is 3. The maximum Gasteiger partial charge on any atom is 0.305 e. The number of guanidine groups is 1. The summed E-state index contributed by atoms with van der Waals surface area (Å²) in [6, 6.07) is 8.21. The van der Waals surface area contributed by atoms with E-state index in [1.54, 1.807) is 0 Å². The third-order valence-electron chi connectivity index (χ3n) is 3.62. The second kappa shape index (κ2) is 13.0. The van der Waals surface area contributed by atoms with Crippen LogP contribution in [0.15, 0.2) is 29.3 Å². The predicted molar refractivity (Wildman–Crippen MR) is 111 cm³/mol. The van der Waals surface area contributed by atoms with Crippen LogP contribution in [-0.2, 0) is 9.53 Å². The van der Waals surface area contributed by atoms with Crippen molar-refractivity contribution in [3.05, 3.63) is 29.8 Å². The van der Waals surface area contributed by atoms with Gasteiger partial charge in [-0.2, -0.15) is 0 Å². The molecule has 136 valence electrons. The molecular weight excluding hydrogens is 417 g/mol. The van der Waals surface area contributed by atoms with Gasteiger partial charge in [-0.1, -0.05) is 38.8 Å². The van der Waals surface area contributed by atoms with E-state index < -0.39 is 0 Å². The molecule has 1 rings (SSSR count). The van der Waals surface area contributed by atoms with Crippen molar-refractivity contribution in [3.63, 3.8) is 0 Å². The molecule has 0 fully saturated rings. The highest BCUT2D eigenvalue weighted by Gasteiger charge is 2.01. The summed E-state index contributed by atoms with van der Waals surface area (Å²) in [4.78, 5) is 15.3. The quantitative estimate of drug-likeness (QED) is 0.195. The van der Waals surface area contributed by atoms with E-state index in [1.165, 1.54) is 12.7 Å². The van der Waals surface area contributed by atoms with Crippen molar-refractivity contribution in [2.24, 2.45) is 10.7 Å². The fourth-order valence-corrected chi connectivity index (χ4v) is 2.20. The Morgan fingerprint density at radius 2 is 1.96 bits per heavy atom. The lowest BCUT2D eigenvalue weighted by Gasteiger charge is -2.10. The molecule has 0 unspecified atom stereocenters. The van der Waals surface area contributed by atoms with E-state index >= 15 is 0 Å². The zero-order chi connectivity index (χ0) is 17.1. The number of ether oxygens (including phenoxy) is 1. The second-order valence-electron chi connectivity index (χ2n) is 5.91. The monoisotopic (exact) mass is 447 g/mol. The molecule has 0 aliphatic rings. The van der Waals surface area contributed by atoms with Gasteiger partial charge < -0.3 is 15.8 Å². The van der Waals surface area contributed by atoms with Gasteiger partial charge in [-0.15, -0.1) is 24.0 Å². The van der Waals surface area contributed by atoms with E-state index in [-0.39, 0.29) is 29.9 Å². The zero-order valence-electron chi connectivity index (χ0n) is 14.9. The normalized spacial score (nSPS) is 11.1. The number of benzene rings is 1. The number of methoxy groups -OCH3 is 1. The minimum Gasteiger partial charge on any atom is -0.469 e. The Balaban J connectivity index is 0.00000529. The smallest absolute Gasteiger partial charge is 0.305 e. The van der Waals surface area contributed by atoms with Gasteiger partial charge in [0.05, 0.1) is 7.11 Å². The molecule has 0 spiro atoms. The Labute approximate surface area is 162 Å². The number of nitrogens with one attached hydrogen (secondary N) is 1. The third kappa shape index (κ3) is 9.75. The maximum absolute atomic E-state index is 11.0. The Kier molecular flexibility index (Phi) is 12.3. The number of anilines is 1. The Bertz CT molecular complexity index is 519. The molecule has 5 nitrogen and oxygen atoms in total. The van der Waals surface area contributed by atoms with Gasteiger partial charge in [0.1, 0.15) is 0 Å². The maximum atomic E-state index is 11.0. The highest BCUT2D eigenvalue weighted by molar-refractivity contribution is 14.0. The van der Waals surface area contributed by atoms with Crippen LogP contribution in [0.1, 0.15) is 57.4 Å². The first-order valence-corrected chi connectivity index (χ1v) is 8.26. The standard InChI is InChI=1S/C18H29N3O2.HI/c1-14(2)15-9-8-10-16(13-15)21-18(19)20-12-7-5-4-6-11-17(22)23-3;/h8-10,13-14H,4-7,11-12H2,1-3H3,(H3,19,20,21);1H. The minimum absolute atomic E-state index is 0. The third-order valence-corrected chi connectivity index (χ3v) is 3.62. The molecule has 0 amide bonds. The second-order valence-corrected chi connectivity index (χ2v) is 5.91. The lowest BCUT2D eigenvalue weighted by Crippen LogP contribution is -2.22. The highest BCUT2D eigenvalue weighted by Crippen LogP contribution is 2.18. The zero-order valence-corrected chi connectivity index (χ0v) is 17.2. The van der Waals surface area contributed by atoms with Gasteiger partial charge in [-0.25, -0.2) is 0 Å². The average Bonchev–Trinajstić information content (AvgIpc) is 2.53. The fourth-order valence-electron chi connectivity index (χ4n) is 2.20. The molecule has 0 aromatic heterocycles. The Morgan fingerprint density at radius 1 is 1.25 bits per heavy atom. The molecule has 1 aromatic carbocycles. The van der Waals surface area contributed by atoms with Crippen LogP contribution in [0.4, 0.5) is 5.69 Å². The molecule has 24 heavy (non-hydrogen) atoms. The van der Waals surface area contributed by atoms with Crippen LogP contribution >= 0.6 is 24.0 Å². The van der Waals surface area contributed by atoms with Crippen molar-refractivity contribution in [2.45, 2.75) is 51.9 Å². The molecule has 1 aromatic rings. The number of nitrogens with two attached hydrogens (primary N) is 1. The summed E-state index contributed by atoms with van der Waals surface area (Å²) in [5, 5.41) is 3.13. The van der Waals surface area contributed by atoms with Gasteiger partial charge in [0.2, 0.25) is 0 Å². The SMILES string of the molecule is COC(=O)CCCCCCN=C(N)Nc1cccc(C(C)C)c1.I. The van der Waals surface area contributed by atoms with Crippen LogP contribution in [0.2, 0.25) is 0 Å². The van der Waals surface area contributed by atoms with Gasteiger partial charge in [0.15, 0.2) is 5.96 Å². The first-order chi connectivity index (χ1) is 11.0. The van der Waals surface area contributed by atoms with Crippen LogP contribution in [0.5, 0.6) is 0 Å². The fraction of sp³-hybridized carbons (Fsp3) is 0.556. The molecule has 0 saturated carbocycles. The molecular formula is C18H30IN3O2. The van der Waals surface area contributed by atoms with Gasteiger partial charge in [-0.05, 0) is 36.5 Å². The molecule has 0 heterocycles. The van der Waals surface area contributed by atoms with Crippen molar-refractivity contribution >= 4 is 41.6 Å². The summed E-state index contributed by atoms with van der Waals surface area (Å²) in [7, 11) is 1.42. The molecule has 6 heteroatoms. The summed E-state index contributed by atoms with van der Waals surface area (Å²) >= 11 is 0. The summed E-state index contributed by atoms with van der Waals surface area (Å²) in [6.45, 7) is 5.02. The number of aliphatic imine (C=N–C) groups is 1. The van der Waals surface area contributed by atoms with Crippen molar-refractivity contribution in [1.29, 1.82) is 0 Å². The average molecular weight is 447 g/mol. The van der Waals surface area contributed by atoms with Crippen LogP contribution in [0.3, 0.4) is 0 Å². The number of carbonyl (C=O) groups excluding carboxylic acids is 1. The van der Waals surface area contributed by atoms with Gasteiger partial charge in [0, 0.05) is 18.7 Å². The molecule has 3 N–H and O–H groups in total. The van der Waals surface area contributed by atoms with Gasteiger partial charge in [0.25, 0.3) is 0 Å². The summed E-state index contributed by atoms with van der Waals surface area (Å²) in [5.74, 6) is 0.792. The first-order valence-electron chi connectivity index (χ1n) is 8.26. The lowest BCUT2D eigenvalue weighted by molar-refractivity contribution is -0.140. The van der Waals surface area contributed by atoms with Gasteiger partial charge >= 0.3 is 5.97 Å². The number of carbonyl (C=O) groups is 1. The van der Waals surface area contributed by atoms with Crippen LogP contribution in [0.25, 0.3) is 0 Å². The number of unbranched alkanes of at least 4 members (excludes halogenated alkanes) is 3. The predicted octanol–water partition coefficient (Wildman–Crippen LogP) is 4.28. The van der Waals surface area contributed by atoms with Crippen molar-refractivity contribution in [2.75, 3.05) is 19.0 Å². The number of nitrogens with zero attached hydrogens (tertiary/aromatic N) is 1. The molecule has 0 saturated heterocycles. The van der Waals surface area contributed by atoms with Crippen molar-refractivity contribution < 1.29 is 9.53 Å². The van der Waals surface area contributed by atoms with Gasteiger partial charge in [-0.3, -0.25) is 9.79 Å². The Morgan fingerprint density at radius 3 is 2.62 bits per heavy atom. The van der Waals surface area contributed by atoms with E-state index in [0.717, 1.165) is 31.4 Å².